The van der Waals surface area contributed by atoms with Crippen molar-refractivity contribution in [3.63, 3.8) is 0 Å². The zero-order chi connectivity index (χ0) is 15.5. The van der Waals surface area contributed by atoms with Crippen LogP contribution in [0, 0.1) is 0 Å². The maximum Gasteiger partial charge on any atom is 0.328 e. The Balaban J connectivity index is 1.64. The second-order valence-corrected chi connectivity index (χ2v) is 5.23. The number of nitrogens with one attached hydrogen (secondary N) is 2. The lowest BCUT2D eigenvalue weighted by Gasteiger charge is -2.03. The van der Waals surface area contributed by atoms with E-state index < -0.39 is 5.97 Å². The van der Waals surface area contributed by atoms with Crippen molar-refractivity contribution >= 4 is 23.6 Å². The van der Waals surface area contributed by atoms with Crippen LogP contribution in [-0.4, -0.2) is 27.2 Å². The fourth-order valence-corrected chi connectivity index (χ4v) is 2.10. The Kier molecular flexibility index (Phi) is 3.74. The lowest BCUT2D eigenvalue weighted by molar-refractivity contribution is -0.131. The first kappa shape index (κ1) is 14.1. The van der Waals surface area contributed by atoms with E-state index in [0.717, 1.165) is 30.2 Å². The average molecular weight is 297 g/mol. The summed E-state index contributed by atoms with van der Waals surface area (Å²) in [6.45, 7) is 0. The fourth-order valence-electron chi connectivity index (χ4n) is 2.10. The quantitative estimate of drug-likeness (QED) is 0.739. The second kappa shape index (κ2) is 5.85. The summed E-state index contributed by atoms with van der Waals surface area (Å²) in [6, 6.07) is 8.68. The predicted molar refractivity (Wildman–Crippen MR) is 81.6 cm³/mol. The monoisotopic (exact) mass is 297 g/mol. The highest BCUT2D eigenvalue weighted by Crippen LogP contribution is 2.39. The number of nitrogens with zero attached hydrogens (tertiary/aromatic N) is 1. The number of aromatic amines is 1. The van der Waals surface area contributed by atoms with E-state index in [1.54, 1.807) is 30.3 Å². The molecule has 1 aliphatic carbocycles. The number of hydrogen-bond acceptors (Lipinski definition) is 3. The third-order valence-electron chi connectivity index (χ3n) is 3.43. The molecule has 1 aromatic carbocycles. The molecule has 3 N–H and O–H groups in total. The van der Waals surface area contributed by atoms with Crippen molar-refractivity contribution < 1.29 is 14.7 Å². The van der Waals surface area contributed by atoms with E-state index in [9.17, 15) is 9.59 Å². The second-order valence-electron chi connectivity index (χ2n) is 5.23. The number of hydrogen-bond donors (Lipinski definition) is 3. The molecule has 22 heavy (non-hydrogen) atoms. The summed E-state index contributed by atoms with van der Waals surface area (Å²) in [5.74, 6) is -0.742. The van der Waals surface area contributed by atoms with Gasteiger partial charge in [-0.1, -0.05) is 12.1 Å². The number of carbonyl (C=O) groups excluding carboxylic acids is 1. The van der Waals surface area contributed by atoms with Gasteiger partial charge in [-0.15, -0.1) is 0 Å². The molecular formula is C16H15N3O3. The number of amides is 1. The maximum atomic E-state index is 12.1. The number of carboxylic acid groups (broad SMARTS) is 1. The molecule has 0 aliphatic heterocycles. The van der Waals surface area contributed by atoms with Crippen LogP contribution < -0.4 is 5.32 Å². The van der Waals surface area contributed by atoms with Crippen LogP contribution in [0.5, 0.6) is 0 Å². The summed E-state index contributed by atoms with van der Waals surface area (Å²) in [6.07, 6.45) is 4.85. The van der Waals surface area contributed by atoms with E-state index in [-0.39, 0.29) is 5.91 Å². The Morgan fingerprint density at radius 1 is 1.27 bits per heavy atom. The number of aliphatic carboxylic acids is 1. The van der Waals surface area contributed by atoms with E-state index >= 15 is 0 Å². The molecule has 1 fully saturated rings. The Labute approximate surface area is 126 Å². The lowest BCUT2D eigenvalue weighted by atomic mass is 10.2. The van der Waals surface area contributed by atoms with Crippen LogP contribution in [0.1, 0.15) is 40.5 Å². The van der Waals surface area contributed by atoms with Crippen LogP contribution in [0.15, 0.2) is 36.4 Å². The SMILES string of the molecule is O=C(O)/C=C/c1ccc(NC(=O)c2cc(C3CC3)[nH]n2)cc1. The molecule has 1 saturated carbocycles. The summed E-state index contributed by atoms with van der Waals surface area (Å²) >= 11 is 0. The third-order valence-corrected chi connectivity index (χ3v) is 3.43. The average Bonchev–Trinajstić information content (AvgIpc) is 3.23. The Morgan fingerprint density at radius 3 is 2.64 bits per heavy atom. The molecule has 3 rings (SSSR count). The van der Waals surface area contributed by atoms with E-state index in [0.29, 0.717) is 17.3 Å². The van der Waals surface area contributed by atoms with Crippen LogP contribution in [0.25, 0.3) is 6.08 Å². The van der Waals surface area contributed by atoms with E-state index in [1.807, 2.05) is 0 Å². The standard InChI is InChI=1S/C16H15N3O3/c20-15(21)8-3-10-1-6-12(7-2-10)17-16(22)14-9-13(18-19-14)11-4-5-11/h1-3,6-9,11H,4-5H2,(H,17,22)(H,18,19)(H,20,21)/b8-3+. The van der Waals surface area contributed by atoms with Crippen molar-refractivity contribution in [1.82, 2.24) is 10.2 Å². The molecule has 0 saturated heterocycles. The Hall–Kier alpha value is -2.89. The number of aromatic nitrogens is 2. The molecule has 2 aromatic rings. The maximum absolute atomic E-state index is 12.1. The number of carbonyl (C=O) groups is 2. The predicted octanol–water partition coefficient (Wildman–Crippen LogP) is 2.64. The number of anilines is 1. The van der Waals surface area contributed by atoms with Crippen molar-refractivity contribution in [3.8, 4) is 0 Å². The van der Waals surface area contributed by atoms with Crippen molar-refractivity contribution in [1.29, 1.82) is 0 Å². The molecule has 0 radical (unpaired) electrons. The van der Waals surface area contributed by atoms with Gasteiger partial charge in [-0.05, 0) is 42.7 Å². The largest absolute Gasteiger partial charge is 0.478 e. The van der Waals surface area contributed by atoms with Crippen LogP contribution in [-0.2, 0) is 4.79 Å². The van der Waals surface area contributed by atoms with Gasteiger partial charge < -0.3 is 10.4 Å². The van der Waals surface area contributed by atoms with Gasteiger partial charge in [-0.25, -0.2) is 4.79 Å². The zero-order valence-electron chi connectivity index (χ0n) is 11.7. The van der Waals surface area contributed by atoms with Gasteiger partial charge in [0.15, 0.2) is 5.69 Å². The minimum Gasteiger partial charge on any atom is -0.478 e. The minimum atomic E-state index is -0.998. The summed E-state index contributed by atoms with van der Waals surface area (Å²) in [4.78, 5) is 22.5. The Morgan fingerprint density at radius 2 is 2.00 bits per heavy atom. The molecule has 0 atom stereocenters. The fraction of sp³-hybridized carbons (Fsp3) is 0.188. The zero-order valence-corrected chi connectivity index (χ0v) is 11.7. The molecular weight excluding hydrogens is 282 g/mol. The first-order valence-corrected chi connectivity index (χ1v) is 6.99. The van der Waals surface area contributed by atoms with Gasteiger partial charge in [0.2, 0.25) is 0 Å². The van der Waals surface area contributed by atoms with Gasteiger partial charge in [0, 0.05) is 23.4 Å². The summed E-state index contributed by atoms with van der Waals surface area (Å²) < 4.78 is 0. The van der Waals surface area contributed by atoms with Gasteiger partial charge >= 0.3 is 5.97 Å². The first-order chi connectivity index (χ1) is 10.6. The summed E-state index contributed by atoms with van der Waals surface area (Å²) in [5, 5.41) is 18.2. The van der Waals surface area contributed by atoms with Gasteiger partial charge in [0.05, 0.1) is 0 Å². The molecule has 6 nitrogen and oxygen atoms in total. The van der Waals surface area contributed by atoms with Gasteiger partial charge in [-0.2, -0.15) is 5.10 Å². The minimum absolute atomic E-state index is 0.267. The highest BCUT2D eigenvalue weighted by Gasteiger charge is 2.26. The van der Waals surface area contributed by atoms with Crippen molar-refractivity contribution in [2.24, 2.45) is 0 Å². The van der Waals surface area contributed by atoms with Gasteiger partial charge in [0.1, 0.15) is 0 Å². The number of H-pyrrole nitrogens is 1. The van der Waals surface area contributed by atoms with Crippen LogP contribution >= 0.6 is 0 Å². The molecule has 112 valence electrons. The number of carboxylic acids is 1. The van der Waals surface area contributed by atoms with Crippen LogP contribution in [0.4, 0.5) is 5.69 Å². The summed E-state index contributed by atoms with van der Waals surface area (Å²) in [5.41, 5.74) is 2.76. The molecule has 0 bridgehead atoms. The van der Waals surface area contributed by atoms with Crippen molar-refractivity contribution in [2.45, 2.75) is 18.8 Å². The van der Waals surface area contributed by atoms with E-state index in [2.05, 4.69) is 15.5 Å². The molecule has 0 spiro atoms. The van der Waals surface area contributed by atoms with Crippen molar-refractivity contribution in [3.05, 3.63) is 53.4 Å². The smallest absolute Gasteiger partial charge is 0.328 e. The molecule has 0 unspecified atom stereocenters. The molecule has 1 amide bonds. The van der Waals surface area contributed by atoms with Crippen LogP contribution in [0.3, 0.4) is 0 Å². The normalized spacial score (nSPS) is 14.2. The summed E-state index contributed by atoms with van der Waals surface area (Å²) in [7, 11) is 0. The number of benzene rings is 1. The van der Waals surface area contributed by atoms with Crippen LogP contribution in [0.2, 0.25) is 0 Å². The Bertz CT molecular complexity index is 727. The third kappa shape index (κ3) is 3.41. The highest BCUT2D eigenvalue weighted by molar-refractivity contribution is 6.03. The molecule has 1 heterocycles. The number of rotatable bonds is 5. The van der Waals surface area contributed by atoms with E-state index in [1.165, 1.54) is 6.08 Å². The van der Waals surface area contributed by atoms with Gasteiger partial charge in [0.25, 0.3) is 5.91 Å². The molecule has 6 heteroatoms. The van der Waals surface area contributed by atoms with E-state index in [4.69, 9.17) is 5.11 Å². The topological polar surface area (TPSA) is 95.1 Å². The molecule has 1 aliphatic rings. The lowest BCUT2D eigenvalue weighted by Crippen LogP contribution is -2.12. The molecule has 1 aromatic heterocycles. The van der Waals surface area contributed by atoms with Gasteiger partial charge in [-0.3, -0.25) is 9.89 Å². The highest BCUT2D eigenvalue weighted by atomic mass is 16.4. The van der Waals surface area contributed by atoms with Crippen molar-refractivity contribution in [2.75, 3.05) is 5.32 Å². The first-order valence-electron chi connectivity index (χ1n) is 6.99.